The molecule has 0 saturated carbocycles. The van der Waals surface area contributed by atoms with Crippen LogP contribution in [-0.2, 0) is 4.79 Å². The number of urea groups is 1. The third kappa shape index (κ3) is 4.14. The Morgan fingerprint density at radius 2 is 2.10 bits per heavy atom. The Morgan fingerprint density at radius 1 is 1.45 bits per heavy atom. The molecule has 0 atom stereocenters. The van der Waals surface area contributed by atoms with Crippen molar-refractivity contribution < 1.29 is 14.7 Å². The van der Waals surface area contributed by atoms with E-state index in [1.165, 1.54) is 32.0 Å². The molecule has 0 heterocycles. The molecule has 20 heavy (non-hydrogen) atoms. The van der Waals surface area contributed by atoms with Crippen LogP contribution in [-0.4, -0.2) is 23.7 Å². The SMILES string of the molecule is CC(C)(CNC(=O)Nc1cc(C#N)ccc1Cl)C(=O)O. The number of carbonyl (C=O) groups is 2. The summed E-state index contributed by atoms with van der Waals surface area (Å²) in [6.07, 6.45) is 0. The van der Waals surface area contributed by atoms with E-state index in [1.807, 2.05) is 6.07 Å². The molecule has 106 valence electrons. The fourth-order valence-electron chi connectivity index (χ4n) is 1.23. The van der Waals surface area contributed by atoms with Gasteiger partial charge in [-0.2, -0.15) is 5.26 Å². The molecule has 0 bridgehead atoms. The third-order valence-corrected chi connectivity index (χ3v) is 2.94. The van der Waals surface area contributed by atoms with E-state index < -0.39 is 17.4 Å². The van der Waals surface area contributed by atoms with Crippen molar-refractivity contribution in [2.75, 3.05) is 11.9 Å². The van der Waals surface area contributed by atoms with Gasteiger partial charge in [0.05, 0.1) is 27.8 Å². The molecule has 0 aliphatic heterocycles. The highest BCUT2D eigenvalue weighted by atomic mass is 35.5. The van der Waals surface area contributed by atoms with Gasteiger partial charge >= 0.3 is 12.0 Å². The van der Waals surface area contributed by atoms with Crippen LogP contribution in [0.5, 0.6) is 0 Å². The lowest BCUT2D eigenvalue weighted by molar-refractivity contribution is -0.146. The minimum Gasteiger partial charge on any atom is -0.481 e. The van der Waals surface area contributed by atoms with Gasteiger partial charge in [0.2, 0.25) is 0 Å². The minimum absolute atomic E-state index is 0.0380. The number of nitrogens with zero attached hydrogens (tertiary/aromatic N) is 1. The number of carboxylic acid groups (broad SMARTS) is 1. The molecule has 0 aliphatic rings. The zero-order valence-electron chi connectivity index (χ0n) is 11.0. The maximum atomic E-state index is 11.7. The van der Waals surface area contributed by atoms with Crippen LogP contribution in [0.15, 0.2) is 18.2 Å². The third-order valence-electron chi connectivity index (χ3n) is 2.61. The molecule has 0 aromatic heterocycles. The molecule has 0 radical (unpaired) electrons. The van der Waals surface area contributed by atoms with Crippen molar-refractivity contribution in [3.05, 3.63) is 28.8 Å². The van der Waals surface area contributed by atoms with Gasteiger partial charge in [0.25, 0.3) is 0 Å². The molecule has 0 aliphatic carbocycles. The van der Waals surface area contributed by atoms with Gasteiger partial charge < -0.3 is 15.7 Å². The van der Waals surface area contributed by atoms with Crippen molar-refractivity contribution >= 4 is 29.3 Å². The molecule has 0 saturated heterocycles. The highest BCUT2D eigenvalue weighted by molar-refractivity contribution is 6.33. The maximum Gasteiger partial charge on any atom is 0.319 e. The van der Waals surface area contributed by atoms with Gasteiger partial charge in [-0.1, -0.05) is 11.6 Å². The fourth-order valence-corrected chi connectivity index (χ4v) is 1.40. The monoisotopic (exact) mass is 295 g/mol. The summed E-state index contributed by atoms with van der Waals surface area (Å²) >= 11 is 5.89. The van der Waals surface area contributed by atoms with E-state index in [2.05, 4.69) is 10.6 Å². The van der Waals surface area contributed by atoms with Gasteiger partial charge in [-0.05, 0) is 32.0 Å². The van der Waals surface area contributed by atoms with Crippen LogP contribution in [0.2, 0.25) is 5.02 Å². The van der Waals surface area contributed by atoms with E-state index in [1.54, 1.807) is 0 Å². The van der Waals surface area contributed by atoms with E-state index >= 15 is 0 Å². The highest BCUT2D eigenvalue weighted by Crippen LogP contribution is 2.22. The molecule has 0 spiro atoms. The molecule has 6 nitrogen and oxygen atoms in total. The van der Waals surface area contributed by atoms with Crippen LogP contribution >= 0.6 is 11.6 Å². The second-order valence-electron chi connectivity index (χ2n) is 4.80. The number of anilines is 1. The van der Waals surface area contributed by atoms with Crippen LogP contribution < -0.4 is 10.6 Å². The van der Waals surface area contributed by atoms with Gasteiger partial charge in [-0.3, -0.25) is 4.79 Å². The summed E-state index contributed by atoms with van der Waals surface area (Å²) in [7, 11) is 0. The Hall–Kier alpha value is -2.26. The van der Waals surface area contributed by atoms with Gasteiger partial charge in [0.1, 0.15) is 0 Å². The Morgan fingerprint density at radius 3 is 2.65 bits per heavy atom. The summed E-state index contributed by atoms with van der Waals surface area (Å²) in [4.78, 5) is 22.6. The van der Waals surface area contributed by atoms with E-state index in [9.17, 15) is 9.59 Å². The average molecular weight is 296 g/mol. The molecule has 7 heteroatoms. The van der Waals surface area contributed by atoms with Crippen molar-refractivity contribution in [2.45, 2.75) is 13.8 Å². The number of aliphatic carboxylic acids is 1. The van der Waals surface area contributed by atoms with Gasteiger partial charge in [-0.15, -0.1) is 0 Å². The molecular weight excluding hydrogens is 282 g/mol. The van der Waals surface area contributed by atoms with Crippen LogP contribution in [0.1, 0.15) is 19.4 Å². The van der Waals surface area contributed by atoms with Gasteiger partial charge in [0, 0.05) is 6.54 Å². The lowest BCUT2D eigenvalue weighted by Gasteiger charge is -2.19. The van der Waals surface area contributed by atoms with Crippen molar-refractivity contribution in [1.82, 2.24) is 5.32 Å². The topological polar surface area (TPSA) is 102 Å². The number of hydrogen-bond acceptors (Lipinski definition) is 3. The number of halogens is 1. The van der Waals surface area contributed by atoms with E-state index in [4.69, 9.17) is 22.0 Å². The summed E-state index contributed by atoms with van der Waals surface area (Å²) in [6.45, 7) is 2.96. The van der Waals surface area contributed by atoms with Crippen LogP contribution in [0.3, 0.4) is 0 Å². The fraction of sp³-hybridized carbons (Fsp3) is 0.308. The Kier molecular flexibility index (Phi) is 4.94. The number of benzene rings is 1. The van der Waals surface area contributed by atoms with Gasteiger partial charge in [-0.25, -0.2) is 4.79 Å². The summed E-state index contributed by atoms with van der Waals surface area (Å²) in [5.74, 6) is -1.01. The first kappa shape index (κ1) is 15.8. The van der Waals surface area contributed by atoms with Crippen molar-refractivity contribution in [1.29, 1.82) is 5.26 Å². The maximum absolute atomic E-state index is 11.7. The lowest BCUT2D eigenvalue weighted by atomic mass is 9.94. The van der Waals surface area contributed by atoms with E-state index in [0.29, 0.717) is 5.56 Å². The first-order valence-corrected chi connectivity index (χ1v) is 6.12. The summed E-state index contributed by atoms with van der Waals surface area (Å²) in [6, 6.07) is 5.80. The average Bonchev–Trinajstić information content (AvgIpc) is 2.39. The predicted octanol–water partition coefficient (Wildman–Crippen LogP) is 2.44. The Balaban J connectivity index is 2.68. The van der Waals surface area contributed by atoms with Crippen molar-refractivity contribution in [2.24, 2.45) is 5.41 Å². The molecule has 3 N–H and O–H groups in total. The molecule has 0 unspecified atom stereocenters. The Labute approximate surface area is 121 Å². The van der Waals surface area contributed by atoms with Crippen molar-refractivity contribution in [3.8, 4) is 6.07 Å². The number of carboxylic acids is 1. The zero-order valence-corrected chi connectivity index (χ0v) is 11.8. The summed E-state index contributed by atoms with van der Waals surface area (Å²) in [5.41, 5.74) is -0.428. The quantitative estimate of drug-likeness (QED) is 0.794. The molecule has 1 aromatic carbocycles. The molecule has 2 amide bonds. The molecular formula is C13H14ClN3O3. The summed E-state index contributed by atoms with van der Waals surface area (Å²) < 4.78 is 0. The predicted molar refractivity (Wildman–Crippen MR) is 74.6 cm³/mol. The second kappa shape index (κ2) is 6.26. The summed E-state index contributed by atoms with van der Waals surface area (Å²) in [5, 5.41) is 22.9. The second-order valence-corrected chi connectivity index (χ2v) is 5.21. The lowest BCUT2D eigenvalue weighted by Crippen LogP contribution is -2.40. The minimum atomic E-state index is -1.07. The van der Waals surface area contributed by atoms with Gasteiger partial charge in [0.15, 0.2) is 0 Å². The number of carbonyl (C=O) groups excluding carboxylic acids is 1. The normalized spacial score (nSPS) is 10.5. The number of nitriles is 1. The van der Waals surface area contributed by atoms with Crippen LogP contribution in [0.25, 0.3) is 0 Å². The molecule has 1 aromatic rings. The number of amides is 2. The Bertz CT molecular complexity index is 579. The highest BCUT2D eigenvalue weighted by Gasteiger charge is 2.27. The number of nitrogens with one attached hydrogen (secondary N) is 2. The number of hydrogen-bond donors (Lipinski definition) is 3. The van der Waals surface area contributed by atoms with Crippen LogP contribution in [0, 0.1) is 16.7 Å². The molecule has 1 rings (SSSR count). The van der Waals surface area contributed by atoms with Crippen LogP contribution in [0.4, 0.5) is 10.5 Å². The van der Waals surface area contributed by atoms with E-state index in [0.717, 1.165) is 0 Å². The smallest absolute Gasteiger partial charge is 0.319 e. The van der Waals surface area contributed by atoms with E-state index in [-0.39, 0.29) is 17.3 Å². The largest absolute Gasteiger partial charge is 0.481 e. The zero-order chi connectivity index (χ0) is 15.3. The molecule has 0 fully saturated rings. The number of rotatable bonds is 4. The van der Waals surface area contributed by atoms with Crippen molar-refractivity contribution in [3.63, 3.8) is 0 Å². The first-order valence-electron chi connectivity index (χ1n) is 5.74. The standard InChI is InChI=1S/C13H14ClN3O3/c1-13(2,11(18)19)7-16-12(20)17-10-5-8(6-15)3-4-9(10)14/h3-5H,7H2,1-2H3,(H,18,19)(H2,16,17,20). The first-order chi connectivity index (χ1) is 9.26.